The Labute approximate surface area is 129 Å². The minimum Gasteiger partial charge on any atom is -0.0888 e. The molecule has 106 valence electrons. The summed E-state index contributed by atoms with van der Waals surface area (Å²) in [6.45, 7) is 6.93. The van der Waals surface area contributed by atoms with Crippen LogP contribution in [0.2, 0.25) is 0 Å². The summed E-state index contributed by atoms with van der Waals surface area (Å²) in [4.78, 5) is 0. The van der Waals surface area contributed by atoms with Crippen molar-refractivity contribution in [2.24, 2.45) is 0 Å². The molecule has 0 fully saturated rings. The molecule has 0 aromatic heterocycles. The Morgan fingerprint density at radius 2 is 1.48 bits per heavy atom. The van der Waals surface area contributed by atoms with Crippen molar-refractivity contribution >= 4 is 19.2 Å². The van der Waals surface area contributed by atoms with Crippen molar-refractivity contribution in [2.45, 2.75) is 26.2 Å². The van der Waals surface area contributed by atoms with E-state index in [-0.39, 0.29) is 5.41 Å². The van der Waals surface area contributed by atoms with E-state index in [1.54, 1.807) is 5.19 Å². The van der Waals surface area contributed by atoms with Gasteiger partial charge in [-0.3, -0.25) is 0 Å². The zero-order valence-electron chi connectivity index (χ0n) is 13.0. The molecule has 0 radical (unpaired) electrons. The lowest BCUT2D eigenvalue weighted by Gasteiger charge is -2.26. The fourth-order valence-corrected chi connectivity index (χ4v) is 6.24. The van der Waals surface area contributed by atoms with Gasteiger partial charge in [-0.25, -0.2) is 0 Å². The van der Waals surface area contributed by atoms with Crippen molar-refractivity contribution in [2.75, 3.05) is 0 Å². The Kier molecular flexibility index (Phi) is 3.69. The van der Waals surface area contributed by atoms with Gasteiger partial charge in [-0.15, -0.1) is 0 Å². The highest BCUT2D eigenvalue weighted by Crippen LogP contribution is 2.27. The fraction of sp³-hybridized carbons (Fsp3) is 0.200. The first-order valence-electron chi connectivity index (χ1n) is 7.60. The summed E-state index contributed by atoms with van der Waals surface area (Å²) >= 11 is 0. The molecular weight excluding hydrogens is 268 g/mol. The van der Waals surface area contributed by atoms with Crippen molar-refractivity contribution in [1.82, 2.24) is 0 Å². The maximum atomic E-state index is 2.45. The Morgan fingerprint density at radius 1 is 0.810 bits per heavy atom. The third kappa shape index (κ3) is 2.79. The van der Waals surface area contributed by atoms with E-state index >= 15 is 0 Å². The molecule has 0 bridgehead atoms. The average Bonchev–Trinajstić information content (AvgIpc) is 2.96. The normalized spacial score (nSPS) is 17.9. The van der Waals surface area contributed by atoms with Crippen molar-refractivity contribution in [3.05, 3.63) is 83.6 Å². The molecule has 0 saturated carbocycles. The molecule has 0 saturated heterocycles. The molecule has 1 heterocycles. The topological polar surface area (TPSA) is 0 Å². The van der Waals surface area contributed by atoms with Crippen LogP contribution in [-0.2, 0) is 5.41 Å². The quantitative estimate of drug-likeness (QED) is 0.729. The molecular formula is C20H22Si. The van der Waals surface area contributed by atoms with Gasteiger partial charge in [0.1, 0.15) is 8.80 Å². The lowest BCUT2D eigenvalue weighted by molar-refractivity contribution is 0.594. The second kappa shape index (κ2) is 5.49. The SMILES string of the molecule is CC(C)(C)c1ccccc1[SiH]1C=CC=C1c1ccccc1. The van der Waals surface area contributed by atoms with Crippen LogP contribution in [0, 0.1) is 0 Å². The molecule has 1 heteroatoms. The second-order valence-corrected chi connectivity index (χ2v) is 9.27. The van der Waals surface area contributed by atoms with Crippen LogP contribution < -0.4 is 5.19 Å². The standard InChI is InChI=1S/C20H22Si/c1-20(2,3)17-12-7-8-13-19(17)21-15-9-14-18(21)16-10-5-4-6-11-16/h4-15,21H,1-3H3. The molecule has 3 rings (SSSR count). The van der Waals surface area contributed by atoms with Gasteiger partial charge in [-0.1, -0.05) is 93.2 Å². The van der Waals surface area contributed by atoms with Gasteiger partial charge in [-0.05, 0) is 26.9 Å². The van der Waals surface area contributed by atoms with Crippen LogP contribution in [-0.4, -0.2) is 8.80 Å². The van der Waals surface area contributed by atoms with Gasteiger partial charge in [0, 0.05) is 0 Å². The zero-order chi connectivity index (χ0) is 14.9. The van der Waals surface area contributed by atoms with Crippen LogP contribution >= 0.6 is 0 Å². The molecule has 1 aliphatic rings. The number of benzene rings is 2. The van der Waals surface area contributed by atoms with E-state index in [9.17, 15) is 0 Å². The third-order valence-corrected chi connectivity index (χ3v) is 7.10. The monoisotopic (exact) mass is 290 g/mol. The summed E-state index contributed by atoms with van der Waals surface area (Å²) in [5.41, 5.74) is 5.52. The second-order valence-electron chi connectivity index (χ2n) is 6.69. The molecule has 2 aromatic rings. The van der Waals surface area contributed by atoms with Gasteiger partial charge < -0.3 is 0 Å². The van der Waals surface area contributed by atoms with E-state index in [1.165, 1.54) is 16.3 Å². The maximum Gasteiger partial charge on any atom is 0.126 e. The van der Waals surface area contributed by atoms with Crippen LogP contribution in [0.25, 0.3) is 5.20 Å². The Hall–Kier alpha value is -1.86. The van der Waals surface area contributed by atoms with Crippen LogP contribution in [0.5, 0.6) is 0 Å². The predicted octanol–water partition coefficient (Wildman–Crippen LogP) is 4.15. The summed E-state index contributed by atoms with van der Waals surface area (Å²) in [5, 5.41) is 3.10. The molecule has 0 aliphatic carbocycles. The molecule has 1 unspecified atom stereocenters. The van der Waals surface area contributed by atoms with E-state index in [2.05, 4.69) is 93.2 Å². The Morgan fingerprint density at radius 3 is 2.19 bits per heavy atom. The van der Waals surface area contributed by atoms with Crippen molar-refractivity contribution in [1.29, 1.82) is 0 Å². The lowest BCUT2D eigenvalue weighted by Crippen LogP contribution is -2.36. The van der Waals surface area contributed by atoms with Crippen molar-refractivity contribution in [3.63, 3.8) is 0 Å². The molecule has 0 amide bonds. The van der Waals surface area contributed by atoms with Crippen molar-refractivity contribution < 1.29 is 0 Å². The summed E-state index contributed by atoms with van der Waals surface area (Å²) in [7, 11) is -1.24. The van der Waals surface area contributed by atoms with Crippen LogP contribution in [0.1, 0.15) is 31.9 Å². The fourth-order valence-electron chi connectivity index (χ4n) is 3.11. The summed E-state index contributed by atoms with van der Waals surface area (Å²) < 4.78 is 0. The van der Waals surface area contributed by atoms with Gasteiger partial charge in [0.05, 0.1) is 0 Å². The Bertz CT molecular complexity index is 687. The van der Waals surface area contributed by atoms with Crippen LogP contribution in [0.4, 0.5) is 0 Å². The lowest BCUT2D eigenvalue weighted by atomic mass is 9.87. The predicted molar refractivity (Wildman–Crippen MR) is 95.5 cm³/mol. The van der Waals surface area contributed by atoms with E-state index < -0.39 is 8.80 Å². The molecule has 2 aromatic carbocycles. The molecule has 0 spiro atoms. The highest BCUT2D eigenvalue weighted by Gasteiger charge is 2.26. The zero-order valence-corrected chi connectivity index (χ0v) is 14.2. The molecule has 1 atom stereocenters. The van der Waals surface area contributed by atoms with Gasteiger partial charge in [0.15, 0.2) is 0 Å². The molecule has 1 aliphatic heterocycles. The maximum absolute atomic E-state index is 2.45. The Balaban J connectivity index is 2.06. The average molecular weight is 290 g/mol. The third-order valence-electron chi connectivity index (χ3n) is 4.13. The van der Waals surface area contributed by atoms with Gasteiger partial charge >= 0.3 is 0 Å². The highest BCUT2D eigenvalue weighted by atomic mass is 28.3. The molecule has 0 N–H and O–H groups in total. The van der Waals surface area contributed by atoms with Gasteiger partial charge in [0.2, 0.25) is 0 Å². The number of hydrogen-bond donors (Lipinski definition) is 0. The highest BCUT2D eigenvalue weighted by molar-refractivity contribution is 6.95. The van der Waals surface area contributed by atoms with Gasteiger partial charge in [-0.2, -0.15) is 0 Å². The molecule has 21 heavy (non-hydrogen) atoms. The summed E-state index contributed by atoms with van der Waals surface area (Å²) in [6, 6.07) is 19.8. The van der Waals surface area contributed by atoms with Gasteiger partial charge in [0.25, 0.3) is 0 Å². The first-order valence-corrected chi connectivity index (χ1v) is 9.43. The summed E-state index contributed by atoms with van der Waals surface area (Å²) in [6.07, 6.45) is 4.56. The van der Waals surface area contributed by atoms with E-state index in [4.69, 9.17) is 0 Å². The van der Waals surface area contributed by atoms with E-state index in [0.717, 1.165) is 0 Å². The minimum atomic E-state index is -1.24. The number of hydrogen-bond acceptors (Lipinski definition) is 0. The van der Waals surface area contributed by atoms with Crippen LogP contribution in [0.15, 0.2) is 72.4 Å². The smallest absolute Gasteiger partial charge is 0.0888 e. The number of allylic oxidation sites excluding steroid dienone is 2. The summed E-state index contributed by atoms with van der Waals surface area (Å²) in [5.74, 6) is 0. The first-order chi connectivity index (χ1) is 10.1. The first kappa shape index (κ1) is 14.1. The van der Waals surface area contributed by atoms with Crippen LogP contribution in [0.3, 0.4) is 0 Å². The largest absolute Gasteiger partial charge is 0.126 e. The van der Waals surface area contributed by atoms with Crippen molar-refractivity contribution in [3.8, 4) is 0 Å². The minimum absolute atomic E-state index is 0.196. The molecule has 0 nitrogen and oxygen atoms in total. The number of rotatable bonds is 2. The van der Waals surface area contributed by atoms with E-state index in [0.29, 0.717) is 0 Å². The van der Waals surface area contributed by atoms with E-state index in [1.807, 2.05) is 0 Å².